The lowest BCUT2D eigenvalue weighted by molar-refractivity contribution is -0.143. The molecule has 3 nitrogen and oxygen atoms in total. The standard InChI is InChI=1S/C26H31NO2/c1-6-26(4,25(28)29)21-12-9-19(10-13-21)8-11-20-16-22-17(2)7-14-24(27-5)23(22)15-18(20)3/h9-10,12-13,15-17,24,27H,6-7,14H2,1-5H3,(H,28,29). The summed E-state index contributed by atoms with van der Waals surface area (Å²) in [6.07, 6.45) is 2.91. The van der Waals surface area contributed by atoms with Crippen LogP contribution in [0, 0.1) is 18.8 Å². The van der Waals surface area contributed by atoms with Crippen molar-refractivity contribution in [3.8, 4) is 11.8 Å². The number of rotatable bonds is 4. The van der Waals surface area contributed by atoms with Gasteiger partial charge in [0.05, 0.1) is 5.41 Å². The van der Waals surface area contributed by atoms with Crippen LogP contribution >= 0.6 is 0 Å². The molecule has 0 saturated heterocycles. The van der Waals surface area contributed by atoms with Crippen LogP contribution in [0.4, 0.5) is 0 Å². The Hall–Kier alpha value is -2.57. The fourth-order valence-electron chi connectivity index (χ4n) is 4.18. The number of carboxylic acids is 1. The summed E-state index contributed by atoms with van der Waals surface area (Å²) < 4.78 is 0. The molecule has 0 saturated carbocycles. The van der Waals surface area contributed by atoms with Gasteiger partial charge in [0.25, 0.3) is 0 Å². The van der Waals surface area contributed by atoms with Gasteiger partial charge in [-0.05, 0) is 86.5 Å². The maximum Gasteiger partial charge on any atom is 0.313 e. The Labute approximate surface area is 174 Å². The summed E-state index contributed by atoms with van der Waals surface area (Å²) in [6.45, 7) is 8.09. The Bertz CT molecular complexity index is 965. The molecule has 2 aromatic rings. The lowest BCUT2D eigenvalue weighted by atomic mass is 9.79. The topological polar surface area (TPSA) is 49.3 Å². The highest BCUT2D eigenvalue weighted by Crippen LogP contribution is 2.38. The lowest BCUT2D eigenvalue weighted by Crippen LogP contribution is -2.31. The molecule has 3 rings (SSSR count). The molecule has 1 aliphatic rings. The summed E-state index contributed by atoms with van der Waals surface area (Å²) in [5.74, 6) is 6.36. The average molecular weight is 390 g/mol. The van der Waals surface area contributed by atoms with Gasteiger partial charge in [0.1, 0.15) is 0 Å². The number of fused-ring (bicyclic) bond motifs is 1. The molecule has 29 heavy (non-hydrogen) atoms. The molecule has 1 aliphatic carbocycles. The minimum absolute atomic E-state index is 0.427. The van der Waals surface area contributed by atoms with Crippen molar-refractivity contribution in [2.24, 2.45) is 0 Å². The minimum Gasteiger partial charge on any atom is -0.481 e. The van der Waals surface area contributed by atoms with E-state index in [2.05, 4.69) is 43.1 Å². The molecule has 0 radical (unpaired) electrons. The van der Waals surface area contributed by atoms with Crippen molar-refractivity contribution >= 4 is 5.97 Å². The first-order chi connectivity index (χ1) is 13.8. The van der Waals surface area contributed by atoms with Crippen molar-refractivity contribution < 1.29 is 9.90 Å². The maximum atomic E-state index is 11.6. The largest absolute Gasteiger partial charge is 0.481 e. The van der Waals surface area contributed by atoms with Gasteiger partial charge in [0, 0.05) is 17.2 Å². The molecular formula is C26H31NO2. The van der Waals surface area contributed by atoms with Crippen LogP contribution in [-0.4, -0.2) is 18.1 Å². The molecule has 3 atom stereocenters. The van der Waals surface area contributed by atoms with Gasteiger partial charge in [-0.15, -0.1) is 0 Å². The van der Waals surface area contributed by atoms with Crippen LogP contribution in [0.1, 0.15) is 85.4 Å². The first-order valence-corrected chi connectivity index (χ1v) is 10.5. The summed E-state index contributed by atoms with van der Waals surface area (Å²) in [4.78, 5) is 11.6. The van der Waals surface area contributed by atoms with Gasteiger partial charge in [-0.3, -0.25) is 4.79 Å². The molecule has 0 amide bonds. The van der Waals surface area contributed by atoms with Crippen LogP contribution in [0.2, 0.25) is 0 Å². The third-order valence-electron chi connectivity index (χ3n) is 6.62. The predicted molar refractivity (Wildman–Crippen MR) is 118 cm³/mol. The van der Waals surface area contributed by atoms with Gasteiger partial charge in [-0.2, -0.15) is 0 Å². The molecule has 0 fully saturated rings. The quantitative estimate of drug-likeness (QED) is 0.697. The van der Waals surface area contributed by atoms with Crippen molar-refractivity contribution in [2.45, 2.75) is 64.3 Å². The van der Waals surface area contributed by atoms with Crippen molar-refractivity contribution in [1.29, 1.82) is 0 Å². The zero-order valence-electron chi connectivity index (χ0n) is 18.1. The molecular weight excluding hydrogens is 358 g/mol. The molecule has 0 aromatic heterocycles. The fourth-order valence-corrected chi connectivity index (χ4v) is 4.18. The molecule has 3 unspecified atom stereocenters. The van der Waals surface area contributed by atoms with E-state index in [4.69, 9.17) is 0 Å². The summed E-state index contributed by atoms with van der Waals surface area (Å²) in [5.41, 5.74) is 5.94. The van der Waals surface area contributed by atoms with Crippen LogP contribution in [0.5, 0.6) is 0 Å². The second-order valence-electron chi connectivity index (χ2n) is 8.43. The molecule has 2 aromatic carbocycles. The smallest absolute Gasteiger partial charge is 0.313 e. The van der Waals surface area contributed by atoms with Gasteiger partial charge in [0.2, 0.25) is 0 Å². The lowest BCUT2D eigenvalue weighted by Gasteiger charge is -2.30. The van der Waals surface area contributed by atoms with Crippen LogP contribution in [-0.2, 0) is 10.2 Å². The minimum atomic E-state index is -0.860. The maximum absolute atomic E-state index is 11.6. The van der Waals surface area contributed by atoms with Crippen molar-refractivity contribution in [1.82, 2.24) is 5.32 Å². The third-order valence-corrected chi connectivity index (χ3v) is 6.62. The number of hydrogen-bond acceptors (Lipinski definition) is 2. The average Bonchev–Trinajstić information content (AvgIpc) is 2.72. The van der Waals surface area contributed by atoms with Gasteiger partial charge in [0.15, 0.2) is 0 Å². The van der Waals surface area contributed by atoms with E-state index in [0.717, 1.165) is 16.7 Å². The van der Waals surface area contributed by atoms with Gasteiger partial charge in [-0.1, -0.05) is 43.9 Å². The first-order valence-electron chi connectivity index (χ1n) is 10.5. The van der Waals surface area contributed by atoms with Crippen LogP contribution in [0.25, 0.3) is 0 Å². The summed E-state index contributed by atoms with van der Waals surface area (Å²) >= 11 is 0. The Kier molecular flexibility index (Phi) is 6.15. The van der Waals surface area contributed by atoms with Crippen molar-refractivity contribution in [3.63, 3.8) is 0 Å². The summed E-state index contributed by atoms with van der Waals surface area (Å²) in [5, 5.41) is 13.0. The monoisotopic (exact) mass is 389 g/mol. The number of hydrogen-bond donors (Lipinski definition) is 2. The van der Waals surface area contributed by atoms with E-state index >= 15 is 0 Å². The predicted octanol–water partition coefficient (Wildman–Crippen LogP) is 5.30. The summed E-state index contributed by atoms with van der Waals surface area (Å²) in [7, 11) is 2.03. The van der Waals surface area contributed by atoms with E-state index in [1.54, 1.807) is 6.92 Å². The van der Waals surface area contributed by atoms with Gasteiger partial charge in [-0.25, -0.2) is 0 Å². The Morgan fingerprint density at radius 2 is 1.86 bits per heavy atom. The van der Waals surface area contributed by atoms with Crippen LogP contribution < -0.4 is 5.32 Å². The third kappa shape index (κ3) is 4.09. The Morgan fingerprint density at radius 1 is 1.17 bits per heavy atom. The van der Waals surface area contributed by atoms with E-state index in [1.165, 1.54) is 29.5 Å². The molecule has 0 bridgehead atoms. The second kappa shape index (κ2) is 8.43. The molecule has 0 aliphatic heterocycles. The molecule has 152 valence electrons. The highest BCUT2D eigenvalue weighted by molar-refractivity contribution is 5.80. The van der Waals surface area contributed by atoms with Crippen molar-refractivity contribution in [2.75, 3.05) is 7.05 Å². The first kappa shape index (κ1) is 21.1. The normalized spacial score (nSPS) is 20.2. The highest BCUT2D eigenvalue weighted by atomic mass is 16.4. The Balaban J connectivity index is 1.91. The SMILES string of the molecule is CCC(C)(C(=O)O)c1ccc(C#Cc2cc3c(cc2C)C(NC)CCC3C)cc1. The molecule has 3 heteroatoms. The second-order valence-corrected chi connectivity index (χ2v) is 8.43. The van der Waals surface area contributed by atoms with E-state index in [-0.39, 0.29) is 0 Å². The van der Waals surface area contributed by atoms with E-state index < -0.39 is 11.4 Å². The molecule has 2 N–H and O–H groups in total. The van der Waals surface area contributed by atoms with Crippen LogP contribution in [0.15, 0.2) is 36.4 Å². The van der Waals surface area contributed by atoms with E-state index in [0.29, 0.717) is 18.4 Å². The number of carbonyl (C=O) groups is 1. The number of carboxylic acid groups (broad SMARTS) is 1. The zero-order valence-corrected chi connectivity index (χ0v) is 18.1. The van der Waals surface area contributed by atoms with Gasteiger partial charge >= 0.3 is 5.97 Å². The number of benzene rings is 2. The van der Waals surface area contributed by atoms with Crippen LogP contribution in [0.3, 0.4) is 0 Å². The van der Waals surface area contributed by atoms with Crippen molar-refractivity contribution in [3.05, 3.63) is 69.8 Å². The highest BCUT2D eigenvalue weighted by Gasteiger charge is 2.32. The molecule has 0 heterocycles. The number of nitrogens with one attached hydrogen (secondary N) is 1. The zero-order chi connectivity index (χ0) is 21.2. The summed E-state index contributed by atoms with van der Waals surface area (Å²) in [6, 6.07) is 12.6. The fraction of sp³-hybridized carbons (Fsp3) is 0.423. The molecule has 0 spiro atoms. The van der Waals surface area contributed by atoms with E-state index in [1.807, 2.05) is 38.2 Å². The number of aryl methyl sites for hydroxylation is 1. The van der Waals surface area contributed by atoms with Gasteiger partial charge < -0.3 is 10.4 Å². The number of aliphatic carboxylic acids is 1. The Morgan fingerprint density at radius 3 is 2.45 bits per heavy atom. The van der Waals surface area contributed by atoms with E-state index in [9.17, 15) is 9.90 Å².